The number of nitrogens with zero attached hydrogens (tertiary/aromatic N) is 4. The van der Waals surface area contributed by atoms with Gasteiger partial charge in [-0.2, -0.15) is 0 Å². The van der Waals surface area contributed by atoms with E-state index in [-0.39, 0.29) is 17.5 Å². The van der Waals surface area contributed by atoms with Crippen LogP contribution in [0.3, 0.4) is 0 Å². The first-order chi connectivity index (χ1) is 18.1. The van der Waals surface area contributed by atoms with E-state index in [2.05, 4.69) is 27.1 Å². The molecule has 0 spiro atoms. The van der Waals surface area contributed by atoms with Crippen molar-refractivity contribution in [3.8, 4) is 11.8 Å². The van der Waals surface area contributed by atoms with Crippen molar-refractivity contribution < 1.29 is 15.0 Å². The third kappa shape index (κ3) is 4.58. The molecule has 3 N–H and O–H groups in total. The predicted molar refractivity (Wildman–Crippen MR) is 148 cm³/mol. The van der Waals surface area contributed by atoms with Crippen molar-refractivity contribution in [1.82, 2.24) is 19.5 Å². The Kier molecular flexibility index (Phi) is 7.01. The number of aliphatic hydroxyl groups excluding tert-OH is 2. The lowest BCUT2D eigenvalue weighted by atomic mass is 9.75. The summed E-state index contributed by atoms with van der Waals surface area (Å²) in [6, 6.07) is 10.8. The minimum atomic E-state index is -1.22. The number of nitrogens with one attached hydrogen (secondary N) is 1. The van der Waals surface area contributed by atoms with Crippen LogP contribution in [0.1, 0.15) is 48.0 Å². The number of imidazole rings is 1. The molecule has 0 saturated heterocycles. The molecule has 10 heteroatoms. The lowest BCUT2D eigenvalue weighted by Crippen LogP contribution is -2.41. The van der Waals surface area contributed by atoms with Gasteiger partial charge in [0, 0.05) is 16.4 Å². The van der Waals surface area contributed by atoms with E-state index in [1.807, 2.05) is 50.2 Å². The molecule has 4 aromatic rings. The second-order valence-electron chi connectivity index (χ2n) is 9.92. The largest absolute Gasteiger partial charge is 0.389 e. The van der Waals surface area contributed by atoms with E-state index >= 15 is 0 Å². The lowest BCUT2D eigenvalue weighted by molar-refractivity contribution is -0.135. The standard InChI is InChI=1S/C28H28ClN5O3S/c1-15-8-9-20(38-15)10-11-21-32-26(30-13-18-6-5-7-19(29)12-18)22-27(33-21)34(14-31-22)23-16(2)28(4,17(3)35)25(37)24(23)36/h5-9,12,14,16,23-25,36-37H,13H2,1-4H3,(H,30,32,33)/t16?,23-,24+,25?,28-/m1/s1. The molecule has 0 amide bonds. The Balaban J connectivity index is 1.60. The molecule has 1 saturated carbocycles. The van der Waals surface area contributed by atoms with Crippen molar-refractivity contribution in [3.63, 3.8) is 0 Å². The van der Waals surface area contributed by atoms with E-state index in [4.69, 9.17) is 16.6 Å². The van der Waals surface area contributed by atoms with E-state index in [1.54, 1.807) is 29.2 Å². The minimum absolute atomic E-state index is 0.181. The maximum Gasteiger partial charge on any atom is 0.209 e. The van der Waals surface area contributed by atoms with Gasteiger partial charge in [-0.1, -0.05) is 30.7 Å². The van der Waals surface area contributed by atoms with Gasteiger partial charge >= 0.3 is 0 Å². The van der Waals surface area contributed by atoms with Crippen LogP contribution < -0.4 is 5.32 Å². The summed E-state index contributed by atoms with van der Waals surface area (Å²) in [4.78, 5) is 28.5. The summed E-state index contributed by atoms with van der Waals surface area (Å²) in [7, 11) is 0. The molecule has 5 atom stereocenters. The van der Waals surface area contributed by atoms with Crippen LogP contribution in [0, 0.1) is 30.1 Å². The number of benzene rings is 1. The Labute approximate surface area is 229 Å². The Morgan fingerprint density at radius 3 is 2.68 bits per heavy atom. The summed E-state index contributed by atoms with van der Waals surface area (Å²) in [6.45, 7) is 7.46. The van der Waals surface area contributed by atoms with Gasteiger partial charge in [0.25, 0.3) is 0 Å². The van der Waals surface area contributed by atoms with E-state index in [9.17, 15) is 15.0 Å². The van der Waals surface area contributed by atoms with Crippen LogP contribution in [0.5, 0.6) is 0 Å². The molecule has 1 aromatic carbocycles. The van der Waals surface area contributed by atoms with Gasteiger partial charge in [0.05, 0.1) is 28.8 Å². The molecule has 1 aliphatic carbocycles. The second kappa shape index (κ2) is 10.1. The Hall–Kier alpha value is -3.29. The normalized spacial score (nSPS) is 24.8. The lowest BCUT2D eigenvalue weighted by Gasteiger charge is -2.30. The molecule has 2 unspecified atom stereocenters. The molecule has 0 aliphatic heterocycles. The van der Waals surface area contributed by atoms with Crippen molar-refractivity contribution in [1.29, 1.82) is 0 Å². The maximum absolute atomic E-state index is 12.5. The average Bonchev–Trinajstić information content (AvgIpc) is 3.54. The molecule has 3 aromatic heterocycles. The van der Waals surface area contributed by atoms with E-state index in [0.29, 0.717) is 28.5 Å². The molecule has 0 bridgehead atoms. The fourth-order valence-electron chi connectivity index (χ4n) is 5.16. The summed E-state index contributed by atoms with van der Waals surface area (Å²) in [5, 5.41) is 25.9. The van der Waals surface area contributed by atoms with Crippen LogP contribution >= 0.6 is 22.9 Å². The minimum Gasteiger partial charge on any atom is -0.389 e. The number of halogens is 1. The van der Waals surface area contributed by atoms with Crippen molar-refractivity contribution in [2.24, 2.45) is 11.3 Å². The van der Waals surface area contributed by atoms with Crippen molar-refractivity contribution in [2.45, 2.75) is 52.5 Å². The molecule has 5 rings (SSSR count). The van der Waals surface area contributed by atoms with Gasteiger partial charge in [0.15, 0.2) is 17.0 Å². The van der Waals surface area contributed by atoms with Gasteiger partial charge in [-0.05, 0) is 68.4 Å². The number of anilines is 1. The molecule has 196 valence electrons. The first kappa shape index (κ1) is 26.3. The predicted octanol–water partition coefficient (Wildman–Crippen LogP) is 4.37. The Bertz CT molecular complexity index is 1590. The van der Waals surface area contributed by atoms with Crippen molar-refractivity contribution in [2.75, 3.05) is 5.32 Å². The summed E-state index contributed by atoms with van der Waals surface area (Å²) < 4.78 is 1.73. The first-order valence-electron chi connectivity index (χ1n) is 12.3. The van der Waals surface area contributed by atoms with Crippen LogP contribution in [-0.2, 0) is 11.3 Å². The maximum atomic E-state index is 12.5. The molecule has 8 nitrogen and oxygen atoms in total. The first-order valence-corrected chi connectivity index (χ1v) is 13.5. The zero-order valence-corrected chi connectivity index (χ0v) is 23.0. The van der Waals surface area contributed by atoms with Crippen LogP contribution in [0.15, 0.2) is 42.7 Å². The zero-order valence-electron chi connectivity index (χ0n) is 21.4. The highest BCUT2D eigenvalue weighted by Crippen LogP contribution is 2.50. The molecular weight excluding hydrogens is 522 g/mol. The number of hydrogen-bond acceptors (Lipinski definition) is 8. The third-order valence-corrected chi connectivity index (χ3v) is 8.79. The average molecular weight is 550 g/mol. The van der Waals surface area contributed by atoms with Gasteiger partial charge in [0.1, 0.15) is 11.9 Å². The number of ketones is 1. The molecule has 0 radical (unpaired) electrons. The van der Waals surface area contributed by atoms with E-state index < -0.39 is 23.7 Å². The number of aromatic nitrogens is 4. The number of carbonyl (C=O) groups excluding carboxylic acids is 1. The van der Waals surface area contributed by atoms with Gasteiger partial charge in [-0.3, -0.25) is 4.79 Å². The van der Waals surface area contributed by atoms with Gasteiger partial charge in [0.2, 0.25) is 5.82 Å². The fraction of sp³-hybridized carbons (Fsp3) is 0.357. The second-order valence-corrected chi connectivity index (χ2v) is 11.6. The van der Waals surface area contributed by atoms with Crippen molar-refractivity contribution in [3.05, 3.63) is 68.9 Å². The number of aryl methyl sites for hydroxylation is 1. The third-order valence-electron chi connectivity index (χ3n) is 7.63. The number of carbonyl (C=O) groups is 1. The molecule has 1 fully saturated rings. The number of thiophene rings is 1. The molecule has 1 aliphatic rings. The number of Topliss-reactive ketones (excluding diaryl/α,β-unsaturated/α-hetero) is 1. The Morgan fingerprint density at radius 1 is 1.24 bits per heavy atom. The van der Waals surface area contributed by atoms with Crippen LogP contribution in [-0.4, -0.2) is 47.7 Å². The highest BCUT2D eigenvalue weighted by atomic mass is 35.5. The zero-order chi connectivity index (χ0) is 27.2. The van der Waals surface area contributed by atoms with Gasteiger partial charge < -0.3 is 20.1 Å². The number of hydrogen-bond donors (Lipinski definition) is 3. The summed E-state index contributed by atoms with van der Waals surface area (Å²) in [5.74, 6) is 6.38. The van der Waals surface area contributed by atoms with E-state index in [1.165, 1.54) is 6.92 Å². The number of aliphatic hydroxyl groups is 2. The van der Waals surface area contributed by atoms with Crippen LogP contribution in [0.25, 0.3) is 11.2 Å². The number of fused-ring (bicyclic) bond motifs is 1. The quantitative estimate of drug-likeness (QED) is 0.317. The monoisotopic (exact) mass is 549 g/mol. The SMILES string of the molecule is CC(=O)[C@]1(C)C(O)[C@@H](O)[C@H](n2cnc3c(NCc4cccc(Cl)c4)nc(C#Cc4ccc(C)s4)nc32)C1C. The van der Waals surface area contributed by atoms with Crippen molar-refractivity contribution >= 4 is 45.7 Å². The smallest absolute Gasteiger partial charge is 0.209 e. The Morgan fingerprint density at radius 2 is 2.03 bits per heavy atom. The molecule has 3 heterocycles. The number of rotatable bonds is 5. The highest BCUT2D eigenvalue weighted by molar-refractivity contribution is 7.12. The van der Waals surface area contributed by atoms with Crippen LogP contribution in [0.2, 0.25) is 5.02 Å². The van der Waals surface area contributed by atoms with E-state index in [0.717, 1.165) is 15.3 Å². The topological polar surface area (TPSA) is 113 Å². The summed E-state index contributed by atoms with van der Waals surface area (Å²) >= 11 is 7.74. The highest BCUT2D eigenvalue weighted by Gasteiger charge is 2.58. The van der Waals surface area contributed by atoms with Crippen LogP contribution in [0.4, 0.5) is 5.82 Å². The summed E-state index contributed by atoms with van der Waals surface area (Å²) in [5.41, 5.74) is 0.803. The van der Waals surface area contributed by atoms with Gasteiger partial charge in [-0.25, -0.2) is 15.0 Å². The molecular formula is C28H28ClN5O3S. The fourth-order valence-corrected chi connectivity index (χ4v) is 6.10. The summed E-state index contributed by atoms with van der Waals surface area (Å²) in [6.07, 6.45) is -0.828. The van der Waals surface area contributed by atoms with Gasteiger partial charge in [-0.15, -0.1) is 11.3 Å². The molecule has 38 heavy (non-hydrogen) atoms.